The molecule has 7 heteroatoms. The Kier molecular flexibility index (Phi) is 6.09. The van der Waals surface area contributed by atoms with Gasteiger partial charge in [0.15, 0.2) is 0 Å². The topological polar surface area (TPSA) is 64.0 Å². The molecule has 0 N–H and O–H groups in total. The Labute approximate surface area is 186 Å². The van der Waals surface area contributed by atoms with E-state index in [1.807, 2.05) is 62.4 Å². The van der Waals surface area contributed by atoms with Crippen LogP contribution in [-0.4, -0.2) is 35.3 Å². The zero-order valence-electron chi connectivity index (χ0n) is 17.8. The number of halogens is 1. The molecule has 0 bridgehead atoms. The first-order chi connectivity index (χ1) is 15.0. The van der Waals surface area contributed by atoms with E-state index < -0.39 is 0 Å². The third-order valence-corrected chi connectivity index (χ3v) is 5.61. The van der Waals surface area contributed by atoms with E-state index in [0.717, 1.165) is 39.2 Å². The van der Waals surface area contributed by atoms with Gasteiger partial charge in [-0.15, -0.1) is 0 Å². The molecule has 0 saturated carbocycles. The molecular weight excluding hydrogens is 414 g/mol. The van der Waals surface area contributed by atoms with Crippen molar-refractivity contribution in [1.29, 1.82) is 0 Å². The summed E-state index contributed by atoms with van der Waals surface area (Å²) in [6.45, 7) is 4.35. The SMILES string of the molecule is CCOc1ccc2nc(Cl)c([C@@H]3CC(c4cccc(OC)c4)=NN3C(=O)CC)cc2c1. The lowest BCUT2D eigenvalue weighted by molar-refractivity contribution is -0.132. The number of methoxy groups -OCH3 is 1. The van der Waals surface area contributed by atoms with Crippen LogP contribution in [0.4, 0.5) is 0 Å². The summed E-state index contributed by atoms with van der Waals surface area (Å²) in [4.78, 5) is 17.3. The highest BCUT2D eigenvalue weighted by molar-refractivity contribution is 6.30. The number of aromatic nitrogens is 1. The summed E-state index contributed by atoms with van der Waals surface area (Å²) in [7, 11) is 1.63. The molecule has 1 atom stereocenters. The second-order valence-corrected chi connectivity index (χ2v) is 7.60. The molecule has 4 rings (SSSR count). The van der Waals surface area contributed by atoms with Crippen molar-refractivity contribution in [2.45, 2.75) is 32.7 Å². The zero-order chi connectivity index (χ0) is 22.0. The van der Waals surface area contributed by atoms with Gasteiger partial charge < -0.3 is 9.47 Å². The average molecular weight is 438 g/mol. The molecule has 2 aromatic carbocycles. The largest absolute Gasteiger partial charge is 0.497 e. The molecule has 160 valence electrons. The van der Waals surface area contributed by atoms with E-state index in [1.54, 1.807) is 7.11 Å². The van der Waals surface area contributed by atoms with Crippen molar-refractivity contribution in [1.82, 2.24) is 9.99 Å². The zero-order valence-corrected chi connectivity index (χ0v) is 18.5. The van der Waals surface area contributed by atoms with Crippen LogP contribution in [0.1, 0.15) is 43.9 Å². The molecule has 1 aliphatic rings. The molecular formula is C24H24ClN3O3. The van der Waals surface area contributed by atoms with E-state index in [1.165, 1.54) is 5.01 Å². The minimum atomic E-state index is -0.325. The van der Waals surface area contributed by atoms with Crippen molar-refractivity contribution >= 4 is 34.1 Å². The van der Waals surface area contributed by atoms with Gasteiger partial charge in [-0.2, -0.15) is 5.10 Å². The van der Waals surface area contributed by atoms with Gasteiger partial charge in [-0.1, -0.05) is 30.7 Å². The number of carbonyl (C=O) groups excluding carboxylic acids is 1. The summed E-state index contributed by atoms with van der Waals surface area (Å²) in [6, 6.07) is 15.0. The molecule has 1 amide bonds. The highest BCUT2D eigenvalue weighted by atomic mass is 35.5. The van der Waals surface area contributed by atoms with Crippen molar-refractivity contribution in [3.05, 3.63) is 64.8 Å². The van der Waals surface area contributed by atoms with Gasteiger partial charge >= 0.3 is 0 Å². The highest BCUT2D eigenvalue weighted by Gasteiger charge is 2.34. The van der Waals surface area contributed by atoms with Gasteiger partial charge in [0.25, 0.3) is 0 Å². The fourth-order valence-electron chi connectivity index (χ4n) is 3.76. The Morgan fingerprint density at radius 1 is 1.16 bits per heavy atom. The summed E-state index contributed by atoms with van der Waals surface area (Å²) in [5.41, 5.74) is 3.27. The maximum Gasteiger partial charge on any atom is 0.242 e. The second kappa shape index (κ2) is 8.94. The average Bonchev–Trinajstić information content (AvgIpc) is 3.24. The van der Waals surface area contributed by atoms with Crippen LogP contribution in [0.3, 0.4) is 0 Å². The Balaban J connectivity index is 1.75. The first-order valence-electron chi connectivity index (χ1n) is 10.3. The van der Waals surface area contributed by atoms with E-state index in [-0.39, 0.29) is 11.9 Å². The smallest absolute Gasteiger partial charge is 0.242 e. The van der Waals surface area contributed by atoms with Crippen LogP contribution < -0.4 is 9.47 Å². The highest BCUT2D eigenvalue weighted by Crippen LogP contribution is 2.38. The van der Waals surface area contributed by atoms with E-state index in [0.29, 0.717) is 24.6 Å². The summed E-state index contributed by atoms with van der Waals surface area (Å²) in [5.74, 6) is 1.44. The van der Waals surface area contributed by atoms with Crippen molar-refractivity contribution in [3.63, 3.8) is 0 Å². The number of ether oxygens (including phenoxy) is 2. The van der Waals surface area contributed by atoms with Crippen molar-refractivity contribution in [2.24, 2.45) is 5.10 Å². The number of fused-ring (bicyclic) bond motifs is 1. The number of hydrazone groups is 1. The first kappa shape index (κ1) is 21.1. The lowest BCUT2D eigenvalue weighted by atomic mass is 9.98. The number of pyridine rings is 1. The molecule has 0 spiro atoms. The van der Waals surface area contributed by atoms with Gasteiger partial charge in [-0.05, 0) is 43.3 Å². The molecule has 1 aromatic heterocycles. The summed E-state index contributed by atoms with van der Waals surface area (Å²) >= 11 is 6.59. The van der Waals surface area contributed by atoms with Crippen LogP contribution in [0.25, 0.3) is 10.9 Å². The van der Waals surface area contributed by atoms with Crippen LogP contribution in [0.5, 0.6) is 11.5 Å². The van der Waals surface area contributed by atoms with Crippen LogP contribution in [0.15, 0.2) is 53.6 Å². The number of hydrogen-bond donors (Lipinski definition) is 0. The number of benzene rings is 2. The maximum atomic E-state index is 12.7. The van der Waals surface area contributed by atoms with Crippen molar-refractivity contribution in [3.8, 4) is 11.5 Å². The minimum Gasteiger partial charge on any atom is -0.497 e. The molecule has 2 heterocycles. The van der Waals surface area contributed by atoms with Gasteiger partial charge in [0.05, 0.1) is 31.0 Å². The van der Waals surface area contributed by atoms with Gasteiger partial charge in [0, 0.05) is 29.4 Å². The molecule has 0 saturated heterocycles. The number of amides is 1. The number of hydrogen-bond acceptors (Lipinski definition) is 5. The first-order valence-corrected chi connectivity index (χ1v) is 10.7. The summed E-state index contributed by atoms with van der Waals surface area (Å²) in [5, 5.41) is 7.48. The van der Waals surface area contributed by atoms with Gasteiger partial charge in [0.2, 0.25) is 5.91 Å². The van der Waals surface area contributed by atoms with Gasteiger partial charge in [-0.3, -0.25) is 4.79 Å². The third-order valence-electron chi connectivity index (χ3n) is 5.31. The lowest BCUT2D eigenvalue weighted by Crippen LogP contribution is -2.26. The molecule has 0 fully saturated rings. The Hall–Kier alpha value is -3.12. The lowest BCUT2D eigenvalue weighted by Gasteiger charge is -2.22. The molecule has 1 aliphatic heterocycles. The maximum absolute atomic E-state index is 12.7. The fourth-order valence-corrected chi connectivity index (χ4v) is 4.03. The standard InChI is InChI=1S/C24H24ClN3O3/c1-4-23(29)28-22(14-21(27-28)15-7-6-8-17(11-15)30-3)19-13-16-12-18(31-5-2)9-10-20(16)26-24(19)25/h6-13,22H,4-5,14H2,1-3H3/t22-/m0/s1. The van der Waals surface area contributed by atoms with Crippen molar-refractivity contribution in [2.75, 3.05) is 13.7 Å². The molecule has 0 aliphatic carbocycles. The normalized spacial score (nSPS) is 15.8. The molecule has 0 unspecified atom stereocenters. The Morgan fingerprint density at radius 2 is 2.00 bits per heavy atom. The molecule has 0 radical (unpaired) electrons. The predicted octanol–water partition coefficient (Wildman–Crippen LogP) is 5.38. The van der Waals surface area contributed by atoms with Crippen LogP contribution in [-0.2, 0) is 4.79 Å². The Morgan fingerprint density at radius 3 is 2.74 bits per heavy atom. The number of carbonyl (C=O) groups is 1. The number of nitrogens with zero attached hydrogens (tertiary/aromatic N) is 3. The number of rotatable bonds is 6. The summed E-state index contributed by atoms with van der Waals surface area (Å²) < 4.78 is 11.0. The van der Waals surface area contributed by atoms with E-state index in [2.05, 4.69) is 10.1 Å². The van der Waals surface area contributed by atoms with E-state index >= 15 is 0 Å². The van der Waals surface area contributed by atoms with Crippen molar-refractivity contribution < 1.29 is 14.3 Å². The second-order valence-electron chi connectivity index (χ2n) is 7.25. The molecule has 31 heavy (non-hydrogen) atoms. The van der Waals surface area contributed by atoms with Gasteiger partial charge in [-0.25, -0.2) is 9.99 Å². The van der Waals surface area contributed by atoms with Crippen LogP contribution in [0, 0.1) is 0 Å². The van der Waals surface area contributed by atoms with Crippen LogP contribution in [0.2, 0.25) is 5.15 Å². The Bertz CT molecular complexity index is 1160. The minimum absolute atomic E-state index is 0.0675. The van der Waals surface area contributed by atoms with E-state index in [4.69, 9.17) is 21.1 Å². The molecule has 6 nitrogen and oxygen atoms in total. The summed E-state index contributed by atoms with van der Waals surface area (Å²) in [6.07, 6.45) is 0.884. The van der Waals surface area contributed by atoms with Crippen LogP contribution >= 0.6 is 11.6 Å². The third kappa shape index (κ3) is 4.21. The predicted molar refractivity (Wildman–Crippen MR) is 122 cm³/mol. The van der Waals surface area contributed by atoms with E-state index in [9.17, 15) is 4.79 Å². The quantitative estimate of drug-likeness (QED) is 0.485. The molecule has 3 aromatic rings. The van der Waals surface area contributed by atoms with Gasteiger partial charge in [0.1, 0.15) is 16.7 Å². The monoisotopic (exact) mass is 437 g/mol. The fraction of sp³-hybridized carbons (Fsp3) is 0.292.